The molecule has 0 aromatic carbocycles. The van der Waals surface area contributed by atoms with Crippen molar-refractivity contribution < 1.29 is 0 Å². The summed E-state index contributed by atoms with van der Waals surface area (Å²) < 4.78 is 2.12. The van der Waals surface area contributed by atoms with E-state index in [4.69, 9.17) is 5.73 Å². The van der Waals surface area contributed by atoms with Crippen LogP contribution < -0.4 is 5.73 Å². The highest BCUT2D eigenvalue weighted by molar-refractivity contribution is 5.08. The maximum atomic E-state index is 5.92. The highest BCUT2D eigenvalue weighted by atomic mass is 15.0. The van der Waals surface area contributed by atoms with Crippen LogP contribution in [0.2, 0.25) is 0 Å². The van der Waals surface area contributed by atoms with Gasteiger partial charge in [0.15, 0.2) is 0 Å². The van der Waals surface area contributed by atoms with Crippen LogP contribution in [0.3, 0.4) is 0 Å². The van der Waals surface area contributed by atoms with Gasteiger partial charge in [-0.1, -0.05) is 13.0 Å². The molecule has 96 valence electrons. The Kier molecular flexibility index (Phi) is 4.47. The third kappa shape index (κ3) is 3.67. The lowest BCUT2D eigenvalue weighted by atomic mass is 10.1. The molecule has 4 heteroatoms. The maximum Gasteiger partial charge on any atom is 0.0949 e. The Labute approximate surface area is 108 Å². The van der Waals surface area contributed by atoms with E-state index in [1.165, 1.54) is 5.56 Å². The second-order valence-corrected chi connectivity index (χ2v) is 4.59. The first kappa shape index (κ1) is 12.8. The third-order valence-corrected chi connectivity index (χ3v) is 3.06. The minimum Gasteiger partial charge on any atom is -0.337 e. The molecular weight excluding hydrogens is 224 g/mol. The van der Waals surface area contributed by atoms with Gasteiger partial charge in [0.2, 0.25) is 0 Å². The van der Waals surface area contributed by atoms with Crippen molar-refractivity contribution in [3.05, 3.63) is 48.3 Å². The molecule has 0 fully saturated rings. The lowest BCUT2D eigenvalue weighted by Gasteiger charge is -2.05. The number of hydrogen-bond donors (Lipinski definition) is 1. The molecule has 2 aromatic rings. The van der Waals surface area contributed by atoms with E-state index in [0.29, 0.717) is 0 Å². The molecule has 2 aromatic heterocycles. The number of imidazole rings is 1. The summed E-state index contributed by atoms with van der Waals surface area (Å²) in [6.07, 6.45) is 10.5. The molecular formula is C14H20N4. The normalized spacial score (nSPS) is 12.6. The lowest BCUT2D eigenvalue weighted by Crippen LogP contribution is -2.21. The summed E-state index contributed by atoms with van der Waals surface area (Å²) in [5.74, 6) is 0. The quantitative estimate of drug-likeness (QED) is 0.843. The van der Waals surface area contributed by atoms with E-state index in [2.05, 4.69) is 33.7 Å². The number of hydrogen-bond acceptors (Lipinski definition) is 3. The molecule has 0 aliphatic carbocycles. The van der Waals surface area contributed by atoms with Gasteiger partial charge < -0.3 is 10.3 Å². The van der Waals surface area contributed by atoms with Crippen LogP contribution in [0.15, 0.2) is 37.1 Å². The summed E-state index contributed by atoms with van der Waals surface area (Å²) in [6.45, 7) is 3.03. The Morgan fingerprint density at radius 3 is 3.06 bits per heavy atom. The molecule has 2 N–H and O–H groups in total. The van der Waals surface area contributed by atoms with E-state index < -0.39 is 0 Å². The highest BCUT2D eigenvalue weighted by Gasteiger charge is 2.04. The Morgan fingerprint density at radius 1 is 1.44 bits per heavy atom. The zero-order valence-electron chi connectivity index (χ0n) is 10.8. The van der Waals surface area contributed by atoms with Crippen LogP contribution in [0.4, 0.5) is 0 Å². The summed E-state index contributed by atoms with van der Waals surface area (Å²) in [5, 5.41) is 0. The largest absolute Gasteiger partial charge is 0.337 e. The first-order chi connectivity index (χ1) is 8.78. The molecule has 2 rings (SSSR count). The maximum absolute atomic E-state index is 5.92. The molecule has 0 radical (unpaired) electrons. The molecule has 0 amide bonds. The van der Waals surface area contributed by atoms with Crippen LogP contribution in [-0.2, 0) is 19.4 Å². The molecule has 0 bridgehead atoms. The monoisotopic (exact) mass is 244 g/mol. The average molecular weight is 244 g/mol. The molecule has 0 saturated carbocycles. The van der Waals surface area contributed by atoms with Crippen LogP contribution in [0.5, 0.6) is 0 Å². The summed E-state index contributed by atoms with van der Waals surface area (Å²) in [4.78, 5) is 8.49. The van der Waals surface area contributed by atoms with E-state index in [1.54, 1.807) is 6.20 Å². The van der Waals surface area contributed by atoms with Crippen LogP contribution in [-0.4, -0.2) is 20.6 Å². The zero-order valence-corrected chi connectivity index (χ0v) is 10.8. The number of pyridine rings is 1. The summed E-state index contributed by atoms with van der Waals surface area (Å²) >= 11 is 0. The highest BCUT2D eigenvalue weighted by Crippen LogP contribution is 2.04. The second kappa shape index (κ2) is 6.31. The van der Waals surface area contributed by atoms with Crippen LogP contribution in [0.1, 0.15) is 24.6 Å². The molecule has 1 unspecified atom stereocenters. The summed E-state index contributed by atoms with van der Waals surface area (Å²) in [5.41, 5.74) is 8.25. The van der Waals surface area contributed by atoms with Crippen molar-refractivity contribution in [2.24, 2.45) is 5.73 Å². The number of aromatic nitrogens is 3. The van der Waals surface area contributed by atoms with Crippen molar-refractivity contribution in [2.45, 2.75) is 38.8 Å². The molecule has 0 saturated heterocycles. The van der Waals surface area contributed by atoms with Crippen molar-refractivity contribution >= 4 is 0 Å². The smallest absolute Gasteiger partial charge is 0.0949 e. The van der Waals surface area contributed by atoms with E-state index in [0.717, 1.165) is 31.5 Å². The predicted octanol–water partition coefficient (Wildman–Crippen LogP) is 1.80. The summed E-state index contributed by atoms with van der Waals surface area (Å²) in [7, 11) is 0. The van der Waals surface area contributed by atoms with E-state index >= 15 is 0 Å². The van der Waals surface area contributed by atoms with Gasteiger partial charge in [-0.3, -0.25) is 4.98 Å². The lowest BCUT2D eigenvalue weighted by molar-refractivity contribution is 0.636. The molecule has 1 atom stereocenters. The van der Waals surface area contributed by atoms with Gasteiger partial charge in [-0.2, -0.15) is 0 Å². The Hall–Kier alpha value is -1.68. The van der Waals surface area contributed by atoms with Crippen molar-refractivity contribution in [3.63, 3.8) is 0 Å². The van der Waals surface area contributed by atoms with Crippen molar-refractivity contribution in [3.8, 4) is 0 Å². The Bertz CT molecular complexity index is 464. The molecule has 18 heavy (non-hydrogen) atoms. The van der Waals surface area contributed by atoms with Crippen LogP contribution in [0, 0.1) is 0 Å². The fraction of sp³-hybridized carbons (Fsp3) is 0.429. The fourth-order valence-corrected chi connectivity index (χ4v) is 1.85. The number of rotatable bonds is 6. The fourth-order valence-electron chi connectivity index (χ4n) is 1.85. The van der Waals surface area contributed by atoms with E-state index in [9.17, 15) is 0 Å². The standard InChI is InChI=1S/C14H20N4/c1-2-13(15)8-14-10-18(11-17-14)7-5-12-4-3-6-16-9-12/h3-4,6,9-11,13H,2,5,7-8,15H2,1H3. The van der Waals surface area contributed by atoms with Crippen molar-refractivity contribution in [1.82, 2.24) is 14.5 Å². The van der Waals surface area contributed by atoms with Crippen LogP contribution >= 0.6 is 0 Å². The minimum absolute atomic E-state index is 0.215. The van der Waals surface area contributed by atoms with E-state index in [1.807, 2.05) is 18.6 Å². The van der Waals surface area contributed by atoms with Gasteiger partial charge in [-0.15, -0.1) is 0 Å². The zero-order chi connectivity index (χ0) is 12.8. The molecule has 0 spiro atoms. The van der Waals surface area contributed by atoms with Gasteiger partial charge in [0.25, 0.3) is 0 Å². The minimum atomic E-state index is 0.215. The Balaban J connectivity index is 1.87. The van der Waals surface area contributed by atoms with Crippen LogP contribution in [0.25, 0.3) is 0 Å². The van der Waals surface area contributed by atoms with Crippen molar-refractivity contribution in [2.75, 3.05) is 0 Å². The van der Waals surface area contributed by atoms with Gasteiger partial charge in [-0.25, -0.2) is 4.98 Å². The topological polar surface area (TPSA) is 56.7 Å². The second-order valence-electron chi connectivity index (χ2n) is 4.59. The van der Waals surface area contributed by atoms with E-state index in [-0.39, 0.29) is 6.04 Å². The Morgan fingerprint density at radius 2 is 2.33 bits per heavy atom. The van der Waals surface area contributed by atoms with Gasteiger partial charge in [0.1, 0.15) is 0 Å². The number of nitrogens with two attached hydrogens (primary N) is 1. The SMILES string of the molecule is CCC(N)Cc1cn(CCc2cccnc2)cn1. The van der Waals surface area contributed by atoms with Gasteiger partial charge >= 0.3 is 0 Å². The predicted molar refractivity (Wildman–Crippen MR) is 72.1 cm³/mol. The summed E-state index contributed by atoms with van der Waals surface area (Å²) in [6, 6.07) is 4.28. The average Bonchev–Trinajstić information content (AvgIpc) is 2.85. The van der Waals surface area contributed by atoms with Crippen molar-refractivity contribution in [1.29, 1.82) is 0 Å². The first-order valence-electron chi connectivity index (χ1n) is 6.43. The third-order valence-electron chi connectivity index (χ3n) is 3.06. The van der Waals surface area contributed by atoms with Gasteiger partial charge in [0.05, 0.1) is 12.0 Å². The number of nitrogens with zero attached hydrogens (tertiary/aromatic N) is 3. The number of aryl methyl sites for hydroxylation is 2. The van der Waals surface area contributed by atoms with Gasteiger partial charge in [-0.05, 0) is 24.5 Å². The first-order valence-corrected chi connectivity index (χ1v) is 6.43. The molecule has 4 nitrogen and oxygen atoms in total. The van der Waals surface area contributed by atoms with Gasteiger partial charge in [0, 0.05) is 37.6 Å². The molecule has 2 heterocycles. The molecule has 0 aliphatic heterocycles. The molecule has 0 aliphatic rings.